The summed E-state index contributed by atoms with van der Waals surface area (Å²) in [5.74, 6) is 1.03. The SMILES string of the molecule is Cc1cc(C)cc(OCCC(=O)N2CCNC[C@@H]2C)c1.Cl. The van der Waals surface area contributed by atoms with Crippen molar-refractivity contribution in [2.45, 2.75) is 33.2 Å². The maximum Gasteiger partial charge on any atom is 0.226 e. The Labute approximate surface area is 133 Å². The third kappa shape index (κ3) is 5.21. The average Bonchev–Trinajstić information content (AvgIpc) is 2.38. The Morgan fingerprint density at radius 1 is 1.33 bits per heavy atom. The Kier molecular flexibility index (Phi) is 6.99. The maximum absolute atomic E-state index is 12.2. The summed E-state index contributed by atoms with van der Waals surface area (Å²) in [5.41, 5.74) is 2.36. The van der Waals surface area contributed by atoms with Gasteiger partial charge in [0.05, 0.1) is 13.0 Å². The van der Waals surface area contributed by atoms with Crippen molar-refractivity contribution >= 4 is 18.3 Å². The first-order valence-corrected chi connectivity index (χ1v) is 7.27. The number of nitrogens with zero attached hydrogens (tertiary/aromatic N) is 1. The van der Waals surface area contributed by atoms with Gasteiger partial charge in [-0.15, -0.1) is 12.4 Å². The zero-order valence-electron chi connectivity index (χ0n) is 13.0. The summed E-state index contributed by atoms with van der Waals surface area (Å²) in [6.07, 6.45) is 0.442. The molecule has 1 aliphatic rings. The second-order valence-electron chi connectivity index (χ2n) is 5.56. The van der Waals surface area contributed by atoms with Crippen molar-refractivity contribution in [3.63, 3.8) is 0 Å². The summed E-state index contributed by atoms with van der Waals surface area (Å²) in [6.45, 7) is 9.18. The predicted molar refractivity (Wildman–Crippen MR) is 87.3 cm³/mol. The first kappa shape index (κ1) is 17.8. The molecule has 118 valence electrons. The molecule has 1 aliphatic heterocycles. The standard InChI is InChI=1S/C16H24N2O2.ClH/c1-12-8-13(2)10-15(9-12)20-7-4-16(19)18-6-5-17-11-14(18)3;/h8-10,14,17H,4-7,11H2,1-3H3;1H/t14-;/m0./s1. The van der Waals surface area contributed by atoms with E-state index in [1.54, 1.807) is 0 Å². The van der Waals surface area contributed by atoms with Gasteiger partial charge in [-0.25, -0.2) is 0 Å². The fraction of sp³-hybridized carbons (Fsp3) is 0.562. The van der Waals surface area contributed by atoms with Gasteiger partial charge in [0.2, 0.25) is 5.91 Å². The third-order valence-corrected chi connectivity index (χ3v) is 3.60. The van der Waals surface area contributed by atoms with Gasteiger partial charge in [-0.3, -0.25) is 4.79 Å². The highest BCUT2D eigenvalue weighted by molar-refractivity contribution is 5.85. The molecule has 0 aliphatic carbocycles. The van der Waals surface area contributed by atoms with Gasteiger partial charge in [0.1, 0.15) is 5.75 Å². The number of hydrogen-bond donors (Lipinski definition) is 1. The minimum Gasteiger partial charge on any atom is -0.493 e. The van der Waals surface area contributed by atoms with Crippen molar-refractivity contribution in [2.75, 3.05) is 26.2 Å². The van der Waals surface area contributed by atoms with E-state index in [1.807, 2.05) is 30.9 Å². The second kappa shape index (κ2) is 8.25. The molecule has 1 saturated heterocycles. The van der Waals surface area contributed by atoms with Crippen LogP contribution in [0.4, 0.5) is 0 Å². The van der Waals surface area contributed by atoms with Crippen molar-refractivity contribution in [2.24, 2.45) is 0 Å². The summed E-state index contributed by atoms with van der Waals surface area (Å²) in [7, 11) is 0. The zero-order chi connectivity index (χ0) is 14.5. The topological polar surface area (TPSA) is 41.6 Å². The van der Waals surface area contributed by atoms with Gasteiger partial charge in [-0.05, 0) is 44.0 Å². The first-order chi connectivity index (χ1) is 9.56. The van der Waals surface area contributed by atoms with E-state index < -0.39 is 0 Å². The molecule has 4 nitrogen and oxygen atoms in total. The fourth-order valence-corrected chi connectivity index (χ4v) is 2.63. The first-order valence-electron chi connectivity index (χ1n) is 7.27. The summed E-state index contributed by atoms with van der Waals surface area (Å²) in [4.78, 5) is 14.1. The van der Waals surface area contributed by atoms with Crippen LogP contribution in [0.25, 0.3) is 0 Å². The number of carbonyl (C=O) groups is 1. The number of halogens is 1. The number of nitrogens with one attached hydrogen (secondary N) is 1. The molecular weight excluding hydrogens is 288 g/mol. The van der Waals surface area contributed by atoms with Crippen molar-refractivity contribution in [3.8, 4) is 5.75 Å². The highest BCUT2D eigenvalue weighted by Gasteiger charge is 2.22. The number of carbonyl (C=O) groups excluding carboxylic acids is 1. The van der Waals surface area contributed by atoms with Gasteiger partial charge in [-0.1, -0.05) is 6.07 Å². The van der Waals surface area contributed by atoms with Crippen molar-refractivity contribution in [3.05, 3.63) is 29.3 Å². The van der Waals surface area contributed by atoms with Crippen LogP contribution in [-0.4, -0.2) is 43.1 Å². The van der Waals surface area contributed by atoms with Crippen LogP contribution in [0, 0.1) is 13.8 Å². The van der Waals surface area contributed by atoms with Crippen LogP contribution < -0.4 is 10.1 Å². The molecule has 0 bridgehead atoms. The molecule has 21 heavy (non-hydrogen) atoms. The lowest BCUT2D eigenvalue weighted by atomic mass is 10.1. The number of ether oxygens (including phenoxy) is 1. The van der Waals surface area contributed by atoms with Gasteiger partial charge in [-0.2, -0.15) is 0 Å². The van der Waals surface area contributed by atoms with Crippen molar-refractivity contribution in [1.29, 1.82) is 0 Å². The Balaban J connectivity index is 0.00000220. The normalized spacial score (nSPS) is 18.0. The Hall–Kier alpha value is -1.26. The molecule has 5 heteroatoms. The molecular formula is C16H25ClN2O2. The van der Waals surface area contributed by atoms with E-state index in [0.717, 1.165) is 25.4 Å². The molecule has 0 radical (unpaired) electrons. The second-order valence-corrected chi connectivity index (χ2v) is 5.56. The van der Waals surface area contributed by atoms with Crippen LogP contribution in [0.5, 0.6) is 5.75 Å². The molecule has 0 saturated carbocycles. The number of amides is 1. The molecule has 1 heterocycles. The van der Waals surface area contributed by atoms with E-state index in [0.29, 0.717) is 13.0 Å². The van der Waals surface area contributed by atoms with Crippen LogP contribution >= 0.6 is 12.4 Å². The minimum atomic E-state index is 0. The number of benzene rings is 1. The molecule has 1 aromatic rings. The molecule has 1 atom stereocenters. The summed E-state index contributed by atoms with van der Waals surface area (Å²) < 4.78 is 5.70. The van der Waals surface area contributed by atoms with E-state index in [9.17, 15) is 4.79 Å². The summed E-state index contributed by atoms with van der Waals surface area (Å²) in [6, 6.07) is 6.40. The summed E-state index contributed by atoms with van der Waals surface area (Å²) >= 11 is 0. The van der Waals surface area contributed by atoms with E-state index in [-0.39, 0.29) is 24.4 Å². The van der Waals surface area contributed by atoms with Crippen molar-refractivity contribution < 1.29 is 9.53 Å². The van der Waals surface area contributed by atoms with Gasteiger partial charge in [0.15, 0.2) is 0 Å². The average molecular weight is 313 g/mol. The van der Waals surface area contributed by atoms with E-state index in [2.05, 4.69) is 18.3 Å². The van der Waals surface area contributed by atoms with Gasteiger partial charge < -0.3 is 15.0 Å². The van der Waals surface area contributed by atoms with Crippen molar-refractivity contribution in [1.82, 2.24) is 10.2 Å². The highest BCUT2D eigenvalue weighted by Crippen LogP contribution is 2.16. The zero-order valence-corrected chi connectivity index (χ0v) is 13.8. The highest BCUT2D eigenvalue weighted by atomic mass is 35.5. The van der Waals surface area contributed by atoms with Gasteiger partial charge in [0.25, 0.3) is 0 Å². The maximum atomic E-state index is 12.2. The van der Waals surface area contributed by atoms with E-state index >= 15 is 0 Å². The van der Waals surface area contributed by atoms with Gasteiger partial charge in [0, 0.05) is 25.7 Å². The Bertz CT molecular complexity index is 459. The largest absolute Gasteiger partial charge is 0.493 e. The smallest absolute Gasteiger partial charge is 0.226 e. The molecule has 2 rings (SSSR count). The van der Waals surface area contributed by atoms with Gasteiger partial charge >= 0.3 is 0 Å². The molecule has 1 amide bonds. The summed E-state index contributed by atoms with van der Waals surface area (Å²) in [5, 5.41) is 3.29. The number of hydrogen-bond acceptors (Lipinski definition) is 3. The monoisotopic (exact) mass is 312 g/mol. The fourth-order valence-electron chi connectivity index (χ4n) is 2.63. The Morgan fingerprint density at radius 2 is 2.00 bits per heavy atom. The molecule has 1 fully saturated rings. The van der Waals surface area contributed by atoms with Crippen LogP contribution in [-0.2, 0) is 4.79 Å². The van der Waals surface area contributed by atoms with Crippen LogP contribution in [0.15, 0.2) is 18.2 Å². The van der Waals surface area contributed by atoms with Crippen LogP contribution in [0.1, 0.15) is 24.5 Å². The molecule has 0 aromatic heterocycles. The quantitative estimate of drug-likeness (QED) is 0.927. The molecule has 1 aromatic carbocycles. The lowest BCUT2D eigenvalue weighted by Gasteiger charge is -2.34. The molecule has 0 spiro atoms. The third-order valence-electron chi connectivity index (χ3n) is 3.60. The molecule has 1 N–H and O–H groups in total. The number of rotatable bonds is 4. The van der Waals surface area contributed by atoms with E-state index in [1.165, 1.54) is 11.1 Å². The minimum absolute atomic E-state index is 0. The predicted octanol–water partition coefficient (Wildman–Crippen LogP) is 2.31. The lowest BCUT2D eigenvalue weighted by molar-refractivity contribution is -0.134. The number of aryl methyl sites for hydroxylation is 2. The van der Waals surface area contributed by atoms with E-state index in [4.69, 9.17) is 4.74 Å². The van der Waals surface area contributed by atoms with Crippen LogP contribution in [0.3, 0.4) is 0 Å². The lowest BCUT2D eigenvalue weighted by Crippen LogP contribution is -2.52. The van der Waals surface area contributed by atoms with Crippen LogP contribution in [0.2, 0.25) is 0 Å². The number of piperazine rings is 1. The molecule has 0 unspecified atom stereocenters. The Morgan fingerprint density at radius 3 is 2.62 bits per heavy atom.